The van der Waals surface area contributed by atoms with Crippen molar-refractivity contribution in [2.45, 2.75) is 9.79 Å². The molecule has 9 aromatic rings. The molecule has 0 spiro atoms. The number of fused-ring (bicyclic) bond motifs is 7. The second-order valence-electron chi connectivity index (χ2n) is 12.2. The van der Waals surface area contributed by atoms with Gasteiger partial charge in [-0.15, -0.1) is 0 Å². The van der Waals surface area contributed by atoms with Gasteiger partial charge in [-0.2, -0.15) is 0 Å². The summed E-state index contributed by atoms with van der Waals surface area (Å²) >= 11 is 1.84. The maximum absolute atomic E-state index is 2.45. The molecule has 48 heavy (non-hydrogen) atoms. The first-order valence-electron chi connectivity index (χ1n) is 16.3. The predicted molar refractivity (Wildman–Crippen MR) is 202 cm³/mol. The van der Waals surface area contributed by atoms with Crippen LogP contribution in [0.4, 0.5) is 17.1 Å². The Hall–Kier alpha value is -5.97. The van der Waals surface area contributed by atoms with Crippen LogP contribution in [-0.2, 0) is 0 Å². The minimum absolute atomic E-state index is 1.14. The van der Waals surface area contributed by atoms with Gasteiger partial charge in [-0.3, -0.25) is 0 Å². The van der Waals surface area contributed by atoms with E-state index in [4.69, 9.17) is 0 Å². The Labute approximate surface area is 282 Å². The first-order chi connectivity index (χ1) is 23.8. The highest BCUT2D eigenvalue weighted by Gasteiger charge is 2.25. The van der Waals surface area contributed by atoms with E-state index in [9.17, 15) is 0 Å². The van der Waals surface area contributed by atoms with Crippen molar-refractivity contribution >= 4 is 61.5 Å². The van der Waals surface area contributed by atoms with Gasteiger partial charge in [0.05, 0.1) is 33.6 Å². The second-order valence-corrected chi connectivity index (χ2v) is 13.3. The lowest BCUT2D eigenvalue weighted by molar-refractivity contribution is 1.13. The van der Waals surface area contributed by atoms with Crippen LogP contribution in [0.25, 0.3) is 55.3 Å². The second kappa shape index (κ2) is 10.8. The molecule has 1 aliphatic heterocycles. The number of benzene rings is 7. The summed E-state index contributed by atoms with van der Waals surface area (Å²) < 4.78 is 4.85. The summed E-state index contributed by atoms with van der Waals surface area (Å²) in [6.07, 6.45) is 0. The summed E-state index contributed by atoms with van der Waals surface area (Å²) in [5.74, 6) is 0. The molecule has 3 heterocycles. The largest absolute Gasteiger partial charge is 0.309 e. The molecule has 10 rings (SSSR count). The molecule has 7 aromatic carbocycles. The fourth-order valence-corrected chi connectivity index (χ4v) is 8.48. The molecular weight excluding hydrogens is 603 g/mol. The molecule has 0 saturated carbocycles. The lowest BCUT2D eigenvalue weighted by Gasteiger charge is -2.32. The van der Waals surface area contributed by atoms with E-state index >= 15 is 0 Å². The zero-order valence-corrected chi connectivity index (χ0v) is 26.8. The van der Waals surface area contributed by atoms with Crippen molar-refractivity contribution in [1.82, 2.24) is 9.13 Å². The van der Waals surface area contributed by atoms with Crippen LogP contribution >= 0.6 is 11.8 Å². The molecule has 0 radical (unpaired) electrons. The lowest BCUT2D eigenvalue weighted by Crippen LogP contribution is -2.14. The minimum Gasteiger partial charge on any atom is -0.309 e. The van der Waals surface area contributed by atoms with Crippen LogP contribution in [0.2, 0.25) is 0 Å². The Morgan fingerprint density at radius 1 is 0.375 bits per heavy atom. The van der Waals surface area contributed by atoms with Gasteiger partial charge in [-0.25, -0.2) is 0 Å². The lowest BCUT2D eigenvalue weighted by atomic mass is 10.1. The van der Waals surface area contributed by atoms with Crippen LogP contribution in [-0.4, -0.2) is 9.13 Å². The fourth-order valence-electron chi connectivity index (χ4n) is 7.42. The number of hydrogen-bond donors (Lipinski definition) is 0. The Kier molecular flexibility index (Phi) is 6.11. The third kappa shape index (κ3) is 4.09. The van der Waals surface area contributed by atoms with Crippen LogP contribution in [0.5, 0.6) is 0 Å². The van der Waals surface area contributed by atoms with Gasteiger partial charge < -0.3 is 14.0 Å². The number of hydrogen-bond acceptors (Lipinski definition) is 2. The first-order valence-corrected chi connectivity index (χ1v) is 17.1. The van der Waals surface area contributed by atoms with E-state index in [1.807, 2.05) is 11.8 Å². The molecule has 1 aliphatic rings. The molecule has 0 atom stereocenters. The van der Waals surface area contributed by atoms with E-state index in [0.29, 0.717) is 0 Å². The van der Waals surface area contributed by atoms with Gasteiger partial charge >= 0.3 is 0 Å². The smallest absolute Gasteiger partial charge is 0.0635 e. The molecule has 4 heteroatoms. The standard InChI is InChI=1S/C44H29N3S/c1-3-13-30(14-4-1)41-29-36-38(45(41)31-15-5-2-6-16-31)28-27-35-34-17-7-8-18-37(34)47(44(35)36)33-25-23-32(24-26-33)46-39-19-9-11-21-42(39)48-43-22-12-10-20-40(43)46/h1-29H. The van der Waals surface area contributed by atoms with Gasteiger partial charge in [0, 0.05) is 43.0 Å². The van der Waals surface area contributed by atoms with Crippen molar-refractivity contribution < 1.29 is 0 Å². The molecule has 3 nitrogen and oxygen atoms in total. The van der Waals surface area contributed by atoms with Crippen molar-refractivity contribution in [3.63, 3.8) is 0 Å². The van der Waals surface area contributed by atoms with Gasteiger partial charge in [-0.1, -0.05) is 109 Å². The quantitative estimate of drug-likeness (QED) is 0.192. The zero-order chi connectivity index (χ0) is 31.6. The van der Waals surface area contributed by atoms with Crippen LogP contribution in [0.1, 0.15) is 0 Å². The minimum atomic E-state index is 1.14. The SMILES string of the molecule is c1ccc(-c2cc3c(ccc4c5ccccc5n(-c5ccc(N6c7ccccc7Sc7ccccc76)cc5)c43)n2-c2ccccc2)cc1. The van der Waals surface area contributed by atoms with Crippen molar-refractivity contribution in [3.05, 3.63) is 176 Å². The normalized spacial score (nSPS) is 12.5. The number of nitrogens with zero attached hydrogens (tertiary/aromatic N) is 3. The molecule has 0 saturated heterocycles. The Balaban J connectivity index is 1.21. The Morgan fingerprint density at radius 3 is 1.67 bits per heavy atom. The maximum Gasteiger partial charge on any atom is 0.0635 e. The fraction of sp³-hybridized carbons (Fsp3) is 0. The highest BCUT2D eigenvalue weighted by atomic mass is 32.2. The monoisotopic (exact) mass is 631 g/mol. The van der Waals surface area contributed by atoms with E-state index in [-0.39, 0.29) is 0 Å². The number of aromatic nitrogens is 2. The van der Waals surface area contributed by atoms with Gasteiger partial charge in [0.15, 0.2) is 0 Å². The summed E-state index contributed by atoms with van der Waals surface area (Å²) in [6.45, 7) is 0. The molecule has 226 valence electrons. The van der Waals surface area contributed by atoms with Crippen molar-refractivity contribution in [2.24, 2.45) is 0 Å². The summed E-state index contributed by atoms with van der Waals surface area (Å²) in [7, 11) is 0. The zero-order valence-electron chi connectivity index (χ0n) is 26.0. The van der Waals surface area contributed by atoms with Crippen LogP contribution in [0.3, 0.4) is 0 Å². The van der Waals surface area contributed by atoms with E-state index in [2.05, 4.69) is 190 Å². The van der Waals surface area contributed by atoms with Crippen LogP contribution < -0.4 is 4.90 Å². The van der Waals surface area contributed by atoms with E-state index in [0.717, 1.165) is 17.1 Å². The summed E-state index contributed by atoms with van der Waals surface area (Å²) in [5, 5.41) is 3.73. The molecule has 0 unspecified atom stereocenters. The number of para-hydroxylation sites is 4. The third-order valence-electron chi connectivity index (χ3n) is 9.50. The first kappa shape index (κ1) is 27.2. The highest BCUT2D eigenvalue weighted by Crippen LogP contribution is 2.51. The highest BCUT2D eigenvalue weighted by molar-refractivity contribution is 7.99. The molecule has 0 bridgehead atoms. The molecule has 0 amide bonds. The molecule has 2 aromatic heterocycles. The molecular formula is C44H29N3S. The van der Waals surface area contributed by atoms with Crippen molar-refractivity contribution in [2.75, 3.05) is 4.90 Å². The number of anilines is 3. The van der Waals surface area contributed by atoms with E-state index < -0.39 is 0 Å². The van der Waals surface area contributed by atoms with Gasteiger partial charge in [0.2, 0.25) is 0 Å². The Morgan fingerprint density at radius 2 is 0.938 bits per heavy atom. The molecule has 0 fully saturated rings. The van der Waals surface area contributed by atoms with E-state index in [1.54, 1.807) is 0 Å². The van der Waals surface area contributed by atoms with Crippen LogP contribution in [0, 0.1) is 0 Å². The molecule has 0 N–H and O–H groups in total. The van der Waals surface area contributed by atoms with Gasteiger partial charge in [0.25, 0.3) is 0 Å². The van der Waals surface area contributed by atoms with E-state index in [1.165, 1.54) is 65.1 Å². The number of rotatable bonds is 4. The maximum atomic E-state index is 2.45. The molecule has 0 aliphatic carbocycles. The topological polar surface area (TPSA) is 13.1 Å². The van der Waals surface area contributed by atoms with Crippen LogP contribution in [0.15, 0.2) is 186 Å². The summed E-state index contributed by atoms with van der Waals surface area (Å²) in [6, 6.07) is 63.7. The summed E-state index contributed by atoms with van der Waals surface area (Å²) in [5.41, 5.74) is 11.8. The average molecular weight is 632 g/mol. The van der Waals surface area contributed by atoms with Crippen molar-refractivity contribution in [1.29, 1.82) is 0 Å². The third-order valence-corrected chi connectivity index (χ3v) is 10.6. The average Bonchev–Trinajstić information content (AvgIpc) is 3.71. The Bertz CT molecular complexity index is 2590. The van der Waals surface area contributed by atoms with Gasteiger partial charge in [0.1, 0.15) is 0 Å². The van der Waals surface area contributed by atoms with Crippen molar-refractivity contribution in [3.8, 4) is 22.6 Å². The summed E-state index contributed by atoms with van der Waals surface area (Å²) in [4.78, 5) is 4.92. The van der Waals surface area contributed by atoms with Gasteiger partial charge in [-0.05, 0) is 84.4 Å². The predicted octanol–water partition coefficient (Wildman–Crippen LogP) is 12.3.